The van der Waals surface area contributed by atoms with E-state index in [2.05, 4.69) is 25.7 Å². The van der Waals surface area contributed by atoms with Gasteiger partial charge in [0.2, 0.25) is 0 Å². The highest BCUT2D eigenvalue weighted by molar-refractivity contribution is 6.00. The number of hydrogen-bond donors (Lipinski definition) is 2. The molecule has 2 aliphatic rings. The van der Waals surface area contributed by atoms with Gasteiger partial charge in [-0.1, -0.05) is 5.16 Å². The average molecular weight is 313 g/mol. The number of benzene rings is 1. The van der Waals surface area contributed by atoms with Crippen molar-refractivity contribution in [2.24, 2.45) is 0 Å². The Morgan fingerprint density at radius 1 is 1.30 bits per heavy atom. The van der Waals surface area contributed by atoms with Crippen LogP contribution in [-0.4, -0.2) is 47.1 Å². The Morgan fingerprint density at radius 2 is 2.13 bits per heavy atom. The van der Waals surface area contributed by atoms with Crippen LogP contribution < -0.4 is 10.6 Å². The first-order valence-corrected chi connectivity index (χ1v) is 7.88. The van der Waals surface area contributed by atoms with Crippen molar-refractivity contribution in [2.75, 3.05) is 26.2 Å². The van der Waals surface area contributed by atoms with E-state index < -0.39 is 0 Å². The molecule has 0 spiro atoms. The van der Waals surface area contributed by atoms with Crippen molar-refractivity contribution in [3.8, 4) is 11.5 Å². The van der Waals surface area contributed by atoms with Gasteiger partial charge in [-0.2, -0.15) is 4.98 Å². The number of nitrogens with one attached hydrogen (secondary N) is 2. The lowest BCUT2D eigenvalue weighted by Crippen LogP contribution is -2.43. The van der Waals surface area contributed by atoms with Crippen LogP contribution in [0.4, 0.5) is 0 Å². The zero-order valence-corrected chi connectivity index (χ0v) is 13.1. The summed E-state index contributed by atoms with van der Waals surface area (Å²) in [6.07, 6.45) is 0. The third-order valence-electron chi connectivity index (χ3n) is 4.37. The SMILES string of the molecule is Cc1cc(-c2nc(CN3CCNCC3)no2)cc2c1C(=O)NC2. The van der Waals surface area contributed by atoms with Crippen molar-refractivity contribution in [1.29, 1.82) is 0 Å². The number of aryl methyl sites for hydroxylation is 1. The van der Waals surface area contributed by atoms with E-state index in [0.29, 0.717) is 24.8 Å². The maximum absolute atomic E-state index is 11.8. The first kappa shape index (κ1) is 14.3. The quantitative estimate of drug-likeness (QED) is 0.867. The molecule has 1 amide bonds. The Kier molecular flexibility index (Phi) is 3.59. The summed E-state index contributed by atoms with van der Waals surface area (Å²) in [5.41, 5.74) is 3.58. The second-order valence-corrected chi connectivity index (χ2v) is 6.05. The summed E-state index contributed by atoms with van der Waals surface area (Å²) in [6.45, 7) is 7.18. The molecule has 0 saturated carbocycles. The zero-order chi connectivity index (χ0) is 15.8. The highest BCUT2D eigenvalue weighted by Crippen LogP contribution is 2.27. The molecule has 3 heterocycles. The summed E-state index contributed by atoms with van der Waals surface area (Å²) in [5, 5.41) is 10.3. The first-order valence-electron chi connectivity index (χ1n) is 7.88. The maximum atomic E-state index is 11.8. The van der Waals surface area contributed by atoms with Crippen molar-refractivity contribution >= 4 is 5.91 Å². The molecule has 1 aromatic carbocycles. The monoisotopic (exact) mass is 313 g/mol. The molecule has 1 fully saturated rings. The number of nitrogens with zero attached hydrogens (tertiary/aromatic N) is 3. The third-order valence-corrected chi connectivity index (χ3v) is 4.37. The Balaban J connectivity index is 1.57. The van der Waals surface area contributed by atoms with Gasteiger partial charge in [0.05, 0.1) is 6.54 Å². The molecule has 2 N–H and O–H groups in total. The van der Waals surface area contributed by atoms with E-state index >= 15 is 0 Å². The Labute approximate surface area is 134 Å². The van der Waals surface area contributed by atoms with Crippen LogP contribution >= 0.6 is 0 Å². The molecule has 7 heteroatoms. The Hall–Kier alpha value is -2.25. The normalized spacial score (nSPS) is 18.0. The van der Waals surface area contributed by atoms with Crippen molar-refractivity contribution in [3.63, 3.8) is 0 Å². The van der Waals surface area contributed by atoms with Crippen molar-refractivity contribution in [1.82, 2.24) is 25.7 Å². The number of amides is 1. The van der Waals surface area contributed by atoms with Gasteiger partial charge >= 0.3 is 0 Å². The molecule has 1 aromatic heterocycles. The lowest BCUT2D eigenvalue weighted by molar-refractivity contribution is 0.0965. The van der Waals surface area contributed by atoms with Gasteiger partial charge in [-0.3, -0.25) is 9.69 Å². The average Bonchev–Trinajstić information content (AvgIpc) is 3.16. The number of carbonyl (C=O) groups is 1. The van der Waals surface area contributed by atoms with Crippen LogP contribution in [0.25, 0.3) is 11.5 Å². The molecule has 2 aromatic rings. The van der Waals surface area contributed by atoms with E-state index in [0.717, 1.165) is 48.4 Å². The number of piperazine rings is 1. The fraction of sp³-hybridized carbons (Fsp3) is 0.438. The fourth-order valence-electron chi connectivity index (χ4n) is 3.22. The van der Waals surface area contributed by atoms with E-state index in [9.17, 15) is 4.79 Å². The molecular formula is C16H19N5O2. The highest BCUT2D eigenvalue weighted by atomic mass is 16.5. The van der Waals surface area contributed by atoms with Crippen LogP contribution in [0.1, 0.15) is 27.3 Å². The lowest BCUT2D eigenvalue weighted by atomic mass is 10.0. The lowest BCUT2D eigenvalue weighted by Gasteiger charge is -2.25. The standard InChI is InChI=1S/C16H19N5O2/c1-10-6-11(7-12-8-18-15(22)14(10)12)16-19-13(20-23-16)9-21-4-2-17-3-5-21/h6-7,17H,2-5,8-9H2,1H3,(H,18,22). The van der Waals surface area contributed by atoms with Crippen molar-refractivity contribution in [2.45, 2.75) is 20.0 Å². The largest absolute Gasteiger partial charge is 0.348 e. The van der Waals surface area contributed by atoms with Gasteiger partial charge in [-0.25, -0.2) is 0 Å². The molecule has 0 atom stereocenters. The van der Waals surface area contributed by atoms with Gasteiger partial charge in [0, 0.05) is 43.9 Å². The van der Waals surface area contributed by atoms with Crippen molar-refractivity contribution < 1.29 is 9.32 Å². The summed E-state index contributed by atoms with van der Waals surface area (Å²) in [5.74, 6) is 1.21. The predicted molar refractivity (Wildman–Crippen MR) is 83.8 cm³/mol. The molecule has 0 unspecified atom stereocenters. The van der Waals surface area contributed by atoms with E-state index in [1.807, 2.05) is 19.1 Å². The second-order valence-electron chi connectivity index (χ2n) is 6.05. The van der Waals surface area contributed by atoms with Gasteiger partial charge < -0.3 is 15.2 Å². The predicted octanol–water partition coefficient (Wildman–Crippen LogP) is 0.694. The van der Waals surface area contributed by atoms with E-state index in [4.69, 9.17) is 4.52 Å². The van der Waals surface area contributed by atoms with E-state index in [-0.39, 0.29) is 5.91 Å². The molecule has 0 bridgehead atoms. The van der Waals surface area contributed by atoms with E-state index in [1.54, 1.807) is 0 Å². The van der Waals surface area contributed by atoms with Crippen LogP contribution in [0.3, 0.4) is 0 Å². The summed E-state index contributed by atoms with van der Waals surface area (Å²) in [7, 11) is 0. The molecule has 4 rings (SSSR count). The van der Waals surface area contributed by atoms with E-state index in [1.165, 1.54) is 0 Å². The van der Waals surface area contributed by atoms with Crippen LogP contribution in [0, 0.1) is 6.92 Å². The fourth-order valence-corrected chi connectivity index (χ4v) is 3.22. The molecule has 2 aliphatic heterocycles. The Morgan fingerprint density at radius 3 is 2.96 bits per heavy atom. The third kappa shape index (κ3) is 2.73. The van der Waals surface area contributed by atoms with Gasteiger partial charge in [0.25, 0.3) is 11.8 Å². The minimum Gasteiger partial charge on any atom is -0.348 e. The van der Waals surface area contributed by atoms with Crippen LogP contribution in [0.5, 0.6) is 0 Å². The highest BCUT2D eigenvalue weighted by Gasteiger charge is 2.23. The summed E-state index contributed by atoms with van der Waals surface area (Å²) < 4.78 is 5.43. The van der Waals surface area contributed by atoms with Crippen LogP contribution in [-0.2, 0) is 13.1 Å². The summed E-state index contributed by atoms with van der Waals surface area (Å²) in [4.78, 5) is 18.6. The summed E-state index contributed by atoms with van der Waals surface area (Å²) >= 11 is 0. The zero-order valence-electron chi connectivity index (χ0n) is 13.1. The molecule has 1 saturated heterocycles. The Bertz CT molecular complexity index is 749. The van der Waals surface area contributed by atoms with Gasteiger partial charge in [0.1, 0.15) is 0 Å². The smallest absolute Gasteiger partial charge is 0.257 e. The number of aromatic nitrogens is 2. The minimum atomic E-state index is -0.00558. The van der Waals surface area contributed by atoms with Gasteiger partial charge in [-0.15, -0.1) is 0 Å². The molecule has 120 valence electrons. The number of fused-ring (bicyclic) bond motifs is 1. The maximum Gasteiger partial charge on any atom is 0.257 e. The van der Waals surface area contributed by atoms with Crippen LogP contribution in [0.15, 0.2) is 16.7 Å². The van der Waals surface area contributed by atoms with Gasteiger partial charge in [0.15, 0.2) is 5.82 Å². The second kappa shape index (κ2) is 5.75. The molecule has 7 nitrogen and oxygen atoms in total. The minimum absolute atomic E-state index is 0.00558. The molecule has 23 heavy (non-hydrogen) atoms. The van der Waals surface area contributed by atoms with Crippen LogP contribution in [0.2, 0.25) is 0 Å². The topological polar surface area (TPSA) is 83.3 Å². The summed E-state index contributed by atoms with van der Waals surface area (Å²) in [6, 6.07) is 3.90. The molecule has 0 aliphatic carbocycles. The van der Waals surface area contributed by atoms with Crippen molar-refractivity contribution in [3.05, 3.63) is 34.6 Å². The molecular weight excluding hydrogens is 294 g/mol. The molecule has 0 radical (unpaired) electrons. The number of hydrogen-bond acceptors (Lipinski definition) is 6. The first-order chi connectivity index (χ1) is 11.2. The number of rotatable bonds is 3. The van der Waals surface area contributed by atoms with Gasteiger partial charge in [-0.05, 0) is 30.2 Å². The number of carbonyl (C=O) groups excluding carboxylic acids is 1.